The van der Waals surface area contributed by atoms with Gasteiger partial charge >= 0.3 is 12.1 Å². The summed E-state index contributed by atoms with van der Waals surface area (Å²) in [5, 5.41) is 10.6. The molecule has 0 saturated heterocycles. The molecule has 31 heavy (non-hydrogen) atoms. The molecule has 0 aliphatic rings. The van der Waals surface area contributed by atoms with Crippen LogP contribution in [0.2, 0.25) is 5.02 Å². The average molecular weight is 467 g/mol. The summed E-state index contributed by atoms with van der Waals surface area (Å²) in [6, 6.07) is 11.4. The van der Waals surface area contributed by atoms with Gasteiger partial charge in [0, 0.05) is 11.1 Å². The molecule has 2 aromatic heterocycles. The second-order valence-corrected chi connectivity index (χ2v) is 8.18. The Morgan fingerprint density at radius 2 is 2.00 bits per heavy atom. The fourth-order valence-corrected chi connectivity index (χ4v) is 4.18. The first-order valence-corrected chi connectivity index (χ1v) is 10.2. The first-order chi connectivity index (χ1) is 14.6. The molecule has 160 valence electrons. The van der Waals surface area contributed by atoms with Crippen LogP contribution in [-0.2, 0) is 6.18 Å². The number of aromatic carboxylic acids is 1. The quantitative estimate of drug-likeness (QED) is 0.360. The number of imidazole rings is 1. The number of rotatable bonds is 5. The summed E-state index contributed by atoms with van der Waals surface area (Å²) in [5.41, 5.74) is 0.836. The van der Waals surface area contributed by atoms with Gasteiger partial charge in [-0.25, -0.2) is 9.78 Å². The second-order valence-electron chi connectivity index (χ2n) is 6.71. The van der Waals surface area contributed by atoms with Crippen LogP contribution in [0.5, 0.6) is 5.75 Å². The normalized spacial score (nSPS) is 12.8. The van der Waals surface area contributed by atoms with Crippen molar-refractivity contribution in [1.82, 2.24) is 9.55 Å². The molecule has 1 atom stereocenters. The smallest absolute Gasteiger partial charge is 0.416 e. The minimum atomic E-state index is -4.48. The van der Waals surface area contributed by atoms with Crippen molar-refractivity contribution in [1.29, 1.82) is 0 Å². The van der Waals surface area contributed by atoms with Crippen molar-refractivity contribution in [3.8, 4) is 10.8 Å². The zero-order valence-corrected chi connectivity index (χ0v) is 17.4. The topological polar surface area (TPSA) is 64.4 Å². The van der Waals surface area contributed by atoms with Crippen molar-refractivity contribution in [2.75, 3.05) is 0 Å². The van der Waals surface area contributed by atoms with Gasteiger partial charge in [-0.05, 0) is 42.8 Å². The third-order valence-corrected chi connectivity index (χ3v) is 5.95. The number of benzene rings is 2. The lowest BCUT2D eigenvalue weighted by Crippen LogP contribution is -2.09. The number of hydrogen-bond donors (Lipinski definition) is 1. The van der Waals surface area contributed by atoms with Crippen molar-refractivity contribution < 1.29 is 27.8 Å². The highest BCUT2D eigenvalue weighted by atomic mass is 35.5. The number of fused-ring (bicyclic) bond motifs is 1. The van der Waals surface area contributed by atoms with Crippen molar-refractivity contribution >= 4 is 39.9 Å². The van der Waals surface area contributed by atoms with Gasteiger partial charge in [-0.1, -0.05) is 23.7 Å². The van der Waals surface area contributed by atoms with E-state index in [0.29, 0.717) is 21.1 Å². The lowest BCUT2D eigenvalue weighted by Gasteiger charge is -2.16. The van der Waals surface area contributed by atoms with Crippen LogP contribution < -0.4 is 4.74 Å². The van der Waals surface area contributed by atoms with Crippen LogP contribution in [0.15, 0.2) is 54.9 Å². The van der Waals surface area contributed by atoms with Gasteiger partial charge in [0.15, 0.2) is 4.88 Å². The van der Waals surface area contributed by atoms with E-state index in [1.165, 1.54) is 18.2 Å². The van der Waals surface area contributed by atoms with Gasteiger partial charge in [0.1, 0.15) is 23.2 Å². The Kier molecular flexibility index (Phi) is 5.40. The Morgan fingerprint density at radius 3 is 2.71 bits per heavy atom. The standard InChI is InChI=1S/C21H14ClF3N2O3S/c1-11(12-3-2-4-13(7-12)21(23,24)25)30-17-9-18(31-19(17)20(28)29)27-10-26-15-6-5-14(22)8-16(15)27/h2-11H,1H3,(H,28,29). The minimum Gasteiger partial charge on any atom is -0.484 e. The molecule has 0 aliphatic heterocycles. The SMILES string of the molecule is CC(Oc1cc(-n2cnc3ccc(Cl)cc32)sc1C(=O)O)c1cccc(C(F)(F)F)c1. The number of carboxylic acids is 1. The number of alkyl halides is 3. The second kappa shape index (κ2) is 7.90. The number of carboxylic acid groups (broad SMARTS) is 1. The van der Waals surface area contributed by atoms with Crippen LogP contribution >= 0.6 is 22.9 Å². The Hall–Kier alpha value is -3.04. The Labute approximate surface area is 183 Å². The van der Waals surface area contributed by atoms with Gasteiger partial charge in [0.2, 0.25) is 0 Å². The van der Waals surface area contributed by atoms with E-state index in [4.69, 9.17) is 16.3 Å². The van der Waals surface area contributed by atoms with Crippen LogP contribution in [0, 0.1) is 0 Å². The Morgan fingerprint density at radius 1 is 1.23 bits per heavy atom. The highest BCUT2D eigenvalue weighted by Gasteiger charge is 2.31. The molecule has 0 radical (unpaired) electrons. The molecule has 1 unspecified atom stereocenters. The highest BCUT2D eigenvalue weighted by molar-refractivity contribution is 7.16. The van der Waals surface area contributed by atoms with Crippen LogP contribution in [-0.4, -0.2) is 20.6 Å². The van der Waals surface area contributed by atoms with Gasteiger partial charge in [0.05, 0.1) is 16.6 Å². The third-order valence-electron chi connectivity index (χ3n) is 4.61. The molecule has 0 fully saturated rings. The summed E-state index contributed by atoms with van der Waals surface area (Å²) < 4.78 is 46.5. The Bertz CT molecular complexity index is 1280. The molecule has 0 bridgehead atoms. The predicted octanol–water partition coefficient (Wildman–Crippen LogP) is 6.60. The molecule has 2 aromatic carbocycles. The van der Waals surface area contributed by atoms with E-state index in [0.717, 1.165) is 23.5 Å². The summed E-state index contributed by atoms with van der Waals surface area (Å²) in [6.07, 6.45) is -3.75. The van der Waals surface area contributed by atoms with E-state index in [9.17, 15) is 23.1 Å². The summed E-state index contributed by atoms with van der Waals surface area (Å²) in [4.78, 5) is 16.0. The first kappa shape index (κ1) is 21.2. The van der Waals surface area contributed by atoms with E-state index in [2.05, 4.69) is 4.98 Å². The summed E-state index contributed by atoms with van der Waals surface area (Å²) in [6.45, 7) is 1.56. The van der Waals surface area contributed by atoms with Gasteiger partial charge in [-0.3, -0.25) is 4.57 Å². The van der Waals surface area contributed by atoms with Crippen molar-refractivity contribution in [2.24, 2.45) is 0 Å². The summed E-state index contributed by atoms with van der Waals surface area (Å²) >= 11 is 7.03. The number of hydrogen-bond acceptors (Lipinski definition) is 4. The molecule has 4 rings (SSSR count). The lowest BCUT2D eigenvalue weighted by molar-refractivity contribution is -0.137. The van der Waals surface area contributed by atoms with E-state index in [1.807, 2.05) is 0 Å². The predicted molar refractivity (Wildman–Crippen MR) is 111 cm³/mol. The van der Waals surface area contributed by atoms with Crippen molar-refractivity contribution in [3.05, 3.63) is 75.9 Å². The molecule has 0 spiro atoms. The molecule has 0 aliphatic carbocycles. The van der Waals surface area contributed by atoms with Crippen LogP contribution in [0.25, 0.3) is 16.0 Å². The van der Waals surface area contributed by atoms with E-state index < -0.39 is 23.8 Å². The number of carbonyl (C=O) groups is 1. The zero-order valence-electron chi connectivity index (χ0n) is 15.9. The number of ether oxygens (including phenoxy) is 1. The molecule has 0 amide bonds. The van der Waals surface area contributed by atoms with E-state index >= 15 is 0 Å². The van der Waals surface area contributed by atoms with Crippen molar-refractivity contribution in [3.63, 3.8) is 0 Å². The van der Waals surface area contributed by atoms with Crippen molar-refractivity contribution in [2.45, 2.75) is 19.2 Å². The van der Waals surface area contributed by atoms with Crippen LogP contribution in [0.1, 0.15) is 33.8 Å². The first-order valence-electron chi connectivity index (χ1n) is 8.97. The number of aromatic nitrogens is 2. The molecule has 10 heteroatoms. The van der Waals surface area contributed by atoms with Gasteiger partial charge in [-0.2, -0.15) is 13.2 Å². The zero-order chi connectivity index (χ0) is 22.3. The number of nitrogens with zero attached hydrogens (tertiary/aromatic N) is 2. The number of halogens is 4. The lowest BCUT2D eigenvalue weighted by atomic mass is 10.1. The third kappa shape index (κ3) is 4.24. The van der Waals surface area contributed by atoms with Crippen LogP contribution in [0.3, 0.4) is 0 Å². The molecular formula is C21H14ClF3N2O3S. The van der Waals surface area contributed by atoms with E-state index in [1.54, 1.807) is 36.0 Å². The fourth-order valence-electron chi connectivity index (χ4n) is 3.10. The summed E-state index contributed by atoms with van der Waals surface area (Å²) in [5.74, 6) is -1.15. The fraction of sp³-hybridized carbons (Fsp3) is 0.143. The molecule has 5 nitrogen and oxygen atoms in total. The maximum atomic E-state index is 13.0. The molecular weight excluding hydrogens is 453 g/mol. The van der Waals surface area contributed by atoms with Crippen LogP contribution in [0.4, 0.5) is 13.2 Å². The maximum Gasteiger partial charge on any atom is 0.416 e. The maximum absolute atomic E-state index is 13.0. The average Bonchev–Trinajstić information content (AvgIpc) is 3.31. The summed E-state index contributed by atoms with van der Waals surface area (Å²) in [7, 11) is 0. The van der Waals surface area contributed by atoms with Gasteiger partial charge in [0.25, 0.3) is 0 Å². The van der Waals surface area contributed by atoms with Gasteiger partial charge < -0.3 is 9.84 Å². The minimum absolute atomic E-state index is 0.0567. The molecule has 2 heterocycles. The molecule has 1 N–H and O–H groups in total. The molecule has 0 saturated carbocycles. The Balaban J connectivity index is 1.70. The number of thiophene rings is 1. The largest absolute Gasteiger partial charge is 0.484 e. The van der Waals surface area contributed by atoms with Gasteiger partial charge in [-0.15, -0.1) is 11.3 Å². The monoisotopic (exact) mass is 466 g/mol. The highest BCUT2D eigenvalue weighted by Crippen LogP contribution is 2.37. The van der Waals surface area contributed by atoms with E-state index in [-0.39, 0.29) is 16.2 Å². The molecule has 4 aromatic rings.